The molecule has 1 aromatic heterocycles. The number of nitrogens with two attached hydrogens (primary N) is 1. The van der Waals surface area contributed by atoms with Crippen LogP contribution in [0.1, 0.15) is 26.5 Å². The number of rotatable bonds is 2. The smallest absolute Gasteiger partial charge is 0.252 e. The normalized spacial score (nSPS) is 11.6. The predicted molar refractivity (Wildman–Crippen MR) is 53.8 cm³/mol. The van der Waals surface area contributed by atoms with Gasteiger partial charge < -0.3 is 10.5 Å². The fourth-order valence-corrected chi connectivity index (χ4v) is 0.893. The Balaban J connectivity index is 2.73. The number of ether oxygens (including phenoxy) is 1. The van der Waals surface area contributed by atoms with E-state index in [1.807, 2.05) is 20.8 Å². The van der Waals surface area contributed by atoms with E-state index in [1.165, 1.54) is 6.07 Å². The summed E-state index contributed by atoms with van der Waals surface area (Å²) in [4.78, 5) is 17.3. The standard InChI is InChI=1S/C9H15N3O2/c1-9(2,3)14-5-6-4-7(13)12-8(10)11-6/h4H,5H2,1-3H3,(H3,10,11,12,13). The van der Waals surface area contributed by atoms with Gasteiger partial charge in [-0.15, -0.1) is 0 Å². The lowest BCUT2D eigenvalue weighted by molar-refractivity contribution is -0.0165. The summed E-state index contributed by atoms with van der Waals surface area (Å²) >= 11 is 0. The molecule has 78 valence electrons. The van der Waals surface area contributed by atoms with Crippen molar-refractivity contribution in [2.75, 3.05) is 5.73 Å². The maximum absolute atomic E-state index is 11.0. The third-order valence-electron chi connectivity index (χ3n) is 1.47. The van der Waals surface area contributed by atoms with Crippen molar-refractivity contribution in [2.45, 2.75) is 33.0 Å². The van der Waals surface area contributed by atoms with Gasteiger partial charge in [0.25, 0.3) is 5.56 Å². The molecule has 0 radical (unpaired) electrons. The molecule has 0 atom stereocenters. The van der Waals surface area contributed by atoms with Crippen molar-refractivity contribution in [3.05, 3.63) is 22.1 Å². The Morgan fingerprint density at radius 3 is 2.71 bits per heavy atom. The van der Waals surface area contributed by atoms with Gasteiger partial charge >= 0.3 is 0 Å². The lowest BCUT2D eigenvalue weighted by atomic mass is 10.2. The average Bonchev–Trinajstić information content (AvgIpc) is 1.97. The third kappa shape index (κ3) is 3.57. The first-order valence-corrected chi connectivity index (χ1v) is 4.36. The summed E-state index contributed by atoms with van der Waals surface area (Å²) in [6, 6.07) is 1.38. The molecule has 1 aromatic rings. The van der Waals surface area contributed by atoms with E-state index in [0.717, 1.165) is 0 Å². The van der Waals surface area contributed by atoms with Crippen LogP contribution in [-0.4, -0.2) is 15.6 Å². The summed E-state index contributed by atoms with van der Waals surface area (Å²) in [6.45, 7) is 6.09. The van der Waals surface area contributed by atoms with Crippen LogP contribution >= 0.6 is 0 Å². The second kappa shape index (κ2) is 3.79. The zero-order valence-electron chi connectivity index (χ0n) is 8.63. The molecule has 1 rings (SSSR count). The number of nitrogens with one attached hydrogen (secondary N) is 1. The minimum Gasteiger partial charge on any atom is -0.370 e. The molecule has 0 aromatic carbocycles. The molecule has 0 bridgehead atoms. The summed E-state index contributed by atoms with van der Waals surface area (Å²) in [5.74, 6) is 0.116. The maximum atomic E-state index is 11.0. The zero-order chi connectivity index (χ0) is 10.8. The number of H-pyrrole nitrogens is 1. The van der Waals surface area contributed by atoms with Gasteiger partial charge in [0.15, 0.2) is 0 Å². The zero-order valence-corrected chi connectivity index (χ0v) is 8.63. The highest BCUT2D eigenvalue weighted by atomic mass is 16.5. The monoisotopic (exact) mass is 197 g/mol. The number of anilines is 1. The van der Waals surface area contributed by atoms with Gasteiger partial charge in [-0.3, -0.25) is 9.78 Å². The molecule has 3 N–H and O–H groups in total. The third-order valence-corrected chi connectivity index (χ3v) is 1.47. The Morgan fingerprint density at radius 1 is 1.57 bits per heavy atom. The van der Waals surface area contributed by atoms with Crippen molar-refractivity contribution in [1.29, 1.82) is 0 Å². The topological polar surface area (TPSA) is 81.0 Å². The predicted octanol–water partition coefficient (Wildman–Crippen LogP) is 0.667. The van der Waals surface area contributed by atoms with E-state index in [9.17, 15) is 4.79 Å². The molecule has 0 spiro atoms. The largest absolute Gasteiger partial charge is 0.370 e. The van der Waals surface area contributed by atoms with Crippen LogP contribution in [0.3, 0.4) is 0 Å². The Kier molecular flexibility index (Phi) is 2.90. The van der Waals surface area contributed by atoms with Gasteiger partial charge in [0, 0.05) is 6.07 Å². The van der Waals surface area contributed by atoms with E-state index < -0.39 is 0 Å². The highest BCUT2D eigenvalue weighted by Gasteiger charge is 2.10. The van der Waals surface area contributed by atoms with Gasteiger partial charge in [0.1, 0.15) is 0 Å². The summed E-state index contributed by atoms with van der Waals surface area (Å²) in [5.41, 5.74) is 5.41. The first kappa shape index (κ1) is 10.7. The molecule has 0 fully saturated rings. The molecular formula is C9H15N3O2. The van der Waals surface area contributed by atoms with Crippen LogP contribution in [0.4, 0.5) is 5.95 Å². The SMILES string of the molecule is CC(C)(C)OCc1cc(=O)[nH]c(N)n1. The molecule has 0 unspecified atom stereocenters. The number of aromatic nitrogens is 2. The second-order valence-electron chi connectivity index (χ2n) is 4.02. The summed E-state index contributed by atoms with van der Waals surface area (Å²) < 4.78 is 5.45. The summed E-state index contributed by atoms with van der Waals surface area (Å²) in [5, 5.41) is 0. The molecule has 0 amide bonds. The van der Waals surface area contributed by atoms with Gasteiger partial charge in [-0.05, 0) is 20.8 Å². The fraction of sp³-hybridized carbons (Fsp3) is 0.556. The van der Waals surface area contributed by atoms with E-state index in [-0.39, 0.29) is 23.7 Å². The van der Waals surface area contributed by atoms with E-state index in [2.05, 4.69) is 9.97 Å². The second-order valence-corrected chi connectivity index (χ2v) is 4.02. The van der Waals surface area contributed by atoms with Crippen molar-refractivity contribution in [3.8, 4) is 0 Å². The van der Waals surface area contributed by atoms with E-state index in [4.69, 9.17) is 10.5 Å². The van der Waals surface area contributed by atoms with Gasteiger partial charge in [0.2, 0.25) is 5.95 Å². The first-order chi connectivity index (χ1) is 6.37. The highest BCUT2D eigenvalue weighted by Crippen LogP contribution is 2.09. The van der Waals surface area contributed by atoms with Crippen LogP contribution in [0.15, 0.2) is 10.9 Å². The number of aromatic amines is 1. The van der Waals surface area contributed by atoms with Crippen LogP contribution < -0.4 is 11.3 Å². The molecule has 0 aliphatic rings. The van der Waals surface area contributed by atoms with Crippen LogP contribution in [0, 0.1) is 0 Å². The first-order valence-electron chi connectivity index (χ1n) is 4.36. The number of hydrogen-bond donors (Lipinski definition) is 2. The minimum absolute atomic E-state index is 0.116. The van der Waals surface area contributed by atoms with E-state index in [0.29, 0.717) is 5.69 Å². The molecule has 1 heterocycles. The lowest BCUT2D eigenvalue weighted by Crippen LogP contribution is -2.20. The Hall–Kier alpha value is -1.36. The molecule has 0 saturated carbocycles. The van der Waals surface area contributed by atoms with Gasteiger partial charge in [0.05, 0.1) is 17.9 Å². The molecule has 0 aliphatic carbocycles. The fourth-order valence-electron chi connectivity index (χ4n) is 0.893. The molecule has 0 saturated heterocycles. The average molecular weight is 197 g/mol. The Bertz CT molecular complexity index is 365. The molecular weight excluding hydrogens is 182 g/mol. The van der Waals surface area contributed by atoms with Gasteiger partial charge in [-0.2, -0.15) is 0 Å². The molecule has 0 aliphatic heterocycles. The van der Waals surface area contributed by atoms with E-state index in [1.54, 1.807) is 0 Å². The van der Waals surface area contributed by atoms with Gasteiger partial charge in [-0.25, -0.2) is 4.98 Å². The summed E-state index contributed by atoms with van der Waals surface area (Å²) in [7, 11) is 0. The summed E-state index contributed by atoms with van der Waals surface area (Å²) in [6.07, 6.45) is 0. The molecule has 14 heavy (non-hydrogen) atoms. The van der Waals surface area contributed by atoms with Crippen molar-refractivity contribution in [2.24, 2.45) is 0 Å². The van der Waals surface area contributed by atoms with Crippen LogP contribution in [0.5, 0.6) is 0 Å². The Morgan fingerprint density at radius 2 is 2.21 bits per heavy atom. The van der Waals surface area contributed by atoms with Crippen LogP contribution in [0.2, 0.25) is 0 Å². The van der Waals surface area contributed by atoms with Crippen molar-refractivity contribution >= 4 is 5.95 Å². The molecule has 5 nitrogen and oxygen atoms in total. The van der Waals surface area contributed by atoms with Gasteiger partial charge in [-0.1, -0.05) is 0 Å². The van der Waals surface area contributed by atoms with Crippen molar-refractivity contribution in [1.82, 2.24) is 9.97 Å². The van der Waals surface area contributed by atoms with Crippen LogP contribution in [0.25, 0.3) is 0 Å². The number of nitrogen functional groups attached to an aromatic ring is 1. The van der Waals surface area contributed by atoms with Crippen molar-refractivity contribution < 1.29 is 4.74 Å². The number of nitrogens with zero attached hydrogens (tertiary/aromatic N) is 1. The lowest BCUT2D eigenvalue weighted by Gasteiger charge is -2.18. The highest BCUT2D eigenvalue weighted by molar-refractivity contribution is 5.16. The number of hydrogen-bond acceptors (Lipinski definition) is 4. The van der Waals surface area contributed by atoms with Crippen LogP contribution in [-0.2, 0) is 11.3 Å². The van der Waals surface area contributed by atoms with E-state index >= 15 is 0 Å². The quantitative estimate of drug-likeness (QED) is 0.730. The minimum atomic E-state index is -0.259. The maximum Gasteiger partial charge on any atom is 0.252 e. The van der Waals surface area contributed by atoms with Crippen molar-refractivity contribution in [3.63, 3.8) is 0 Å². The molecule has 5 heteroatoms. The Labute approximate surface area is 82.3 Å².